The van der Waals surface area contributed by atoms with Crippen molar-refractivity contribution < 1.29 is 27.0 Å². The van der Waals surface area contributed by atoms with Crippen LogP contribution in [-0.2, 0) is 9.47 Å². The van der Waals surface area contributed by atoms with Gasteiger partial charge in [-0.2, -0.15) is 17.6 Å². The van der Waals surface area contributed by atoms with E-state index >= 15 is 0 Å². The molecule has 2 nitrogen and oxygen atoms in total. The van der Waals surface area contributed by atoms with Gasteiger partial charge in [0.25, 0.3) is 0 Å². The van der Waals surface area contributed by atoms with E-state index in [1.807, 2.05) is 0 Å². The molecule has 0 saturated heterocycles. The fourth-order valence-electron chi connectivity index (χ4n) is 0.382. The molecule has 1 rings (SSSR count). The molecule has 0 spiro atoms. The second-order valence-electron chi connectivity index (χ2n) is 1.51. The molecule has 10 heavy (non-hydrogen) atoms. The molecule has 1 heterocycles. The van der Waals surface area contributed by atoms with Crippen LogP contribution in [0.2, 0.25) is 0 Å². The first-order valence-electron chi connectivity index (χ1n) is 2.24. The lowest BCUT2D eigenvalue weighted by Gasteiger charge is -2.21. The van der Waals surface area contributed by atoms with E-state index in [9.17, 15) is 17.6 Å². The Bertz CT molecular complexity index is 167. The molecular formula is C4H2F4O2. The van der Waals surface area contributed by atoms with Crippen molar-refractivity contribution in [3.05, 3.63) is 12.1 Å². The summed E-state index contributed by atoms with van der Waals surface area (Å²) in [5.74, 6) is -1.94. The number of halogens is 4. The molecule has 58 valence electrons. The molecule has 0 aromatic heterocycles. The summed E-state index contributed by atoms with van der Waals surface area (Å²) in [5.41, 5.74) is 0. The van der Waals surface area contributed by atoms with E-state index in [2.05, 4.69) is 9.47 Å². The van der Waals surface area contributed by atoms with Crippen LogP contribution in [0.4, 0.5) is 17.6 Å². The molecule has 0 fully saturated rings. The van der Waals surface area contributed by atoms with Crippen LogP contribution in [0, 0.1) is 0 Å². The van der Waals surface area contributed by atoms with Gasteiger partial charge in [-0.15, -0.1) is 0 Å². The predicted octanol–water partition coefficient (Wildman–Crippen LogP) is 1.69. The summed E-state index contributed by atoms with van der Waals surface area (Å²) in [4.78, 5) is 0. The number of hydrogen-bond acceptors (Lipinski definition) is 2. The first kappa shape index (κ1) is 7.33. The molecular weight excluding hydrogens is 156 g/mol. The summed E-state index contributed by atoms with van der Waals surface area (Å²) < 4.78 is 54.0. The van der Waals surface area contributed by atoms with Gasteiger partial charge in [0.15, 0.2) is 0 Å². The van der Waals surface area contributed by atoms with E-state index in [0.29, 0.717) is 0 Å². The van der Waals surface area contributed by atoms with E-state index in [1.165, 1.54) is 0 Å². The van der Waals surface area contributed by atoms with Gasteiger partial charge in [-0.3, -0.25) is 0 Å². The number of hydrogen-bond donors (Lipinski definition) is 0. The van der Waals surface area contributed by atoms with Gasteiger partial charge < -0.3 is 4.74 Å². The van der Waals surface area contributed by atoms with Crippen molar-refractivity contribution in [2.45, 2.75) is 12.7 Å². The minimum Gasteiger partial charge on any atom is -0.443 e. The lowest BCUT2D eigenvalue weighted by atomic mass is 10.5. The van der Waals surface area contributed by atoms with E-state index in [-0.39, 0.29) is 6.26 Å². The molecule has 0 saturated carbocycles. The second-order valence-corrected chi connectivity index (χ2v) is 1.51. The van der Waals surface area contributed by atoms with Gasteiger partial charge in [0.1, 0.15) is 6.26 Å². The van der Waals surface area contributed by atoms with Gasteiger partial charge in [-0.05, 0) is 0 Å². The molecule has 0 aromatic rings. The Kier molecular flexibility index (Phi) is 1.55. The minimum absolute atomic E-state index is 0.0197. The zero-order valence-electron chi connectivity index (χ0n) is 4.48. The highest BCUT2D eigenvalue weighted by Gasteiger charge is 2.44. The number of alkyl halides is 3. The summed E-state index contributed by atoms with van der Waals surface area (Å²) in [7, 11) is 0. The largest absolute Gasteiger partial charge is 0.443 e. The van der Waals surface area contributed by atoms with Crippen molar-refractivity contribution in [3.63, 3.8) is 0 Å². The van der Waals surface area contributed by atoms with E-state index in [1.54, 1.807) is 0 Å². The fraction of sp³-hybridized carbons (Fsp3) is 0.500. The average molecular weight is 158 g/mol. The van der Waals surface area contributed by atoms with Crippen molar-refractivity contribution in [3.8, 4) is 0 Å². The zero-order valence-corrected chi connectivity index (χ0v) is 4.48. The second kappa shape index (κ2) is 2.12. The maximum absolute atomic E-state index is 11.9. The summed E-state index contributed by atoms with van der Waals surface area (Å²) >= 11 is 0. The van der Waals surface area contributed by atoms with Crippen LogP contribution in [0.5, 0.6) is 0 Å². The van der Waals surface area contributed by atoms with Crippen LogP contribution in [0.1, 0.15) is 0 Å². The first-order chi connectivity index (χ1) is 4.52. The monoisotopic (exact) mass is 158 g/mol. The topological polar surface area (TPSA) is 18.5 Å². The van der Waals surface area contributed by atoms with E-state index < -0.39 is 18.5 Å². The molecule has 0 aliphatic carbocycles. The molecule has 0 N–H and O–H groups in total. The number of ether oxygens (including phenoxy) is 2. The Hall–Kier alpha value is -0.780. The summed E-state index contributed by atoms with van der Waals surface area (Å²) in [6.07, 6.45) is -4.22. The molecule has 0 aromatic carbocycles. The van der Waals surface area contributed by atoms with Crippen molar-refractivity contribution >= 4 is 0 Å². The van der Waals surface area contributed by atoms with Crippen LogP contribution >= 0.6 is 0 Å². The lowest BCUT2D eigenvalue weighted by molar-refractivity contribution is -0.346. The molecule has 0 amide bonds. The minimum atomic E-state index is -4.20. The predicted molar refractivity (Wildman–Crippen MR) is 21.2 cm³/mol. The van der Waals surface area contributed by atoms with Crippen molar-refractivity contribution in [2.24, 2.45) is 0 Å². The highest BCUT2D eigenvalue weighted by atomic mass is 19.3. The smallest absolute Gasteiger partial charge is 0.417 e. The Labute approximate surface area is 53.0 Å². The van der Waals surface area contributed by atoms with Gasteiger partial charge in [0, 0.05) is 0 Å². The Morgan fingerprint density at radius 1 is 1.50 bits per heavy atom. The van der Waals surface area contributed by atoms with E-state index in [4.69, 9.17) is 0 Å². The highest BCUT2D eigenvalue weighted by Crippen LogP contribution is 2.32. The van der Waals surface area contributed by atoms with Gasteiger partial charge in [-0.1, -0.05) is 0 Å². The fourth-order valence-corrected chi connectivity index (χ4v) is 0.382. The molecule has 6 heteroatoms. The lowest BCUT2D eigenvalue weighted by Crippen LogP contribution is -2.31. The van der Waals surface area contributed by atoms with Gasteiger partial charge in [0.05, 0.1) is 0 Å². The first-order valence-corrected chi connectivity index (χ1v) is 2.24. The molecule has 0 radical (unpaired) electrons. The third-order valence-electron chi connectivity index (χ3n) is 0.797. The molecule has 1 aliphatic heterocycles. The Morgan fingerprint density at radius 3 is 2.50 bits per heavy atom. The van der Waals surface area contributed by atoms with Crippen molar-refractivity contribution in [2.75, 3.05) is 0 Å². The van der Waals surface area contributed by atoms with Crippen LogP contribution in [0.25, 0.3) is 0 Å². The summed E-state index contributed by atoms with van der Waals surface area (Å²) in [6, 6.07) is 0. The highest BCUT2D eigenvalue weighted by molar-refractivity contribution is 4.96. The van der Waals surface area contributed by atoms with Gasteiger partial charge >= 0.3 is 12.7 Å². The van der Waals surface area contributed by atoms with Crippen LogP contribution < -0.4 is 0 Å². The maximum Gasteiger partial charge on any atom is 0.417 e. The Balaban J connectivity index is 2.76. The summed E-state index contributed by atoms with van der Waals surface area (Å²) in [6.45, 7) is -2.60. The molecule has 1 atom stereocenters. The molecule has 1 unspecified atom stereocenters. The SMILES string of the molecule is FC1=COC(F)OC1(F)F. The normalized spacial score (nSPS) is 30.8. The average Bonchev–Trinajstić information content (AvgIpc) is 1.78. The Morgan fingerprint density at radius 2 is 2.10 bits per heavy atom. The van der Waals surface area contributed by atoms with Crippen molar-refractivity contribution in [1.29, 1.82) is 0 Å². The van der Waals surface area contributed by atoms with Gasteiger partial charge in [0.2, 0.25) is 5.83 Å². The number of rotatable bonds is 0. The third-order valence-corrected chi connectivity index (χ3v) is 0.797. The third kappa shape index (κ3) is 1.21. The quantitative estimate of drug-likeness (QED) is 0.499. The standard InChI is InChI=1S/C4H2F4O2/c5-2-1-9-3(6)10-4(2,7)8/h1,3H. The van der Waals surface area contributed by atoms with E-state index in [0.717, 1.165) is 0 Å². The molecule has 1 aliphatic rings. The van der Waals surface area contributed by atoms with Crippen LogP contribution in [-0.4, -0.2) is 12.7 Å². The zero-order chi connectivity index (χ0) is 7.78. The molecule has 0 bridgehead atoms. The maximum atomic E-state index is 11.9. The summed E-state index contributed by atoms with van der Waals surface area (Å²) in [5, 5.41) is 0. The van der Waals surface area contributed by atoms with Crippen molar-refractivity contribution in [1.82, 2.24) is 0 Å². The van der Waals surface area contributed by atoms with Gasteiger partial charge in [-0.25, -0.2) is 4.74 Å². The van der Waals surface area contributed by atoms with Crippen LogP contribution in [0.15, 0.2) is 12.1 Å². The van der Waals surface area contributed by atoms with Crippen LogP contribution in [0.3, 0.4) is 0 Å².